The van der Waals surface area contributed by atoms with E-state index in [2.05, 4.69) is 10.2 Å². The molecule has 0 spiro atoms. The highest BCUT2D eigenvalue weighted by Crippen LogP contribution is 2.16. The van der Waals surface area contributed by atoms with Crippen molar-refractivity contribution in [2.24, 2.45) is 10.2 Å². The number of hydrogen-bond acceptors (Lipinski definition) is 4. The number of hydrogen-bond donors (Lipinski definition) is 0. The normalized spacial score (nSPS) is 21.1. The number of carbonyl (C=O) groups is 2. The minimum Gasteiger partial charge on any atom is -0.250 e. The Morgan fingerprint density at radius 2 is 2.15 bits per heavy atom. The van der Waals surface area contributed by atoms with Gasteiger partial charge >= 0.3 is 17.8 Å². The highest BCUT2D eigenvalue weighted by atomic mass is 16.2. The third-order valence-electron chi connectivity index (χ3n) is 2.01. The van der Waals surface area contributed by atoms with Gasteiger partial charge in [-0.2, -0.15) is 9.48 Å². The van der Waals surface area contributed by atoms with E-state index in [1.807, 2.05) is 0 Å². The smallest absolute Gasteiger partial charge is 0.250 e. The molecule has 6 nitrogen and oxygen atoms in total. The average molecular weight is 179 g/mol. The quantitative estimate of drug-likeness (QED) is 0.490. The monoisotopic (exact) mass is 179 g/mol. The van der Waals surface area contributed by atoms with E-state index in [0.717, 1.165) is 4.90 Å². The predicted octanol–water partition coefficient (Wildman–Crippen LogP) is -0.0311. The molecular weight excluding hydrogens is 172 g/mol. The summed E-state index contributed by atoms with van der Waals surface area (Å²) >= 11 is 0. The average Bonchev–Trinajstić information content (AvgIpc) is 2.59. The lowest BCUT2D eigenvalue weighted by atomic mass is 10.2. The number of urea groups is 1. The fourth-order valence-corrected chi connectivity index (χ4v) is 1.23. The van der Waals surface area contributed by atoms with Crippen LogP contribution in [0.25, 0.3) is 0 Å². The lowest BCUT2D eigenvalue weighted by Crippen LogP contribution is -2.46. The molecule has 2 heterocycles. The maximum absolute atomic E-state index is 11.4. The number of rotatable bonds is 0. The van der Waals surface area contributed by atoms with Crippen molar-refractivity contribution < 1.29 is 14.2 Å². The number of amides is 3. The summed E-state index contributed by atoms with van der Waals surface area (Å²) in [6.07, 6.45) is 1.36. The van der Waals surface area contributed by atoms with Crippen LogP contribution in [0.5, 0.6) is 0 Å². The predicted molar refractivity (Wildman–Crippen MR) is 42.3 cm³/mol. The first-order valence-electron chi connectivity index (χ1n) is 3.67. The van der Waals surface area contributed by atoms with Crippen molar-refractivity contribution in [3.8, 4) is 0 Å². The molecule has 0 radical (unpaired) electrons. The highest BCUT2D eigenvalue weighted by molar-refractivity contribution is 6.25. The zero-order valence-corrected chi connectivity index (χ0v) is 7.18. The van der Waals surface area contributed by atoms with Gasteiger partial charge in [0.2, 0.25) is 0 Å². The molecule has 0 saturated heterocycles. The zero-order valence-electron chi connectivity index (χ0n) is 7.18. The van der Waals surface area contributed by atoms with Crippen molar-refractivity contribution in [2.45, 2.75) is 0 Å². The summed E-state index contributed by atoms with van der Waals surface area (Å²) in [7, 11) is 2.98. The summed E-state index contributed by atoms with van der Waals surface area (Å²) in [5, 5.41) is 7.26. The maximum Gasteiger partial charge on any atom is 0.445 e. The van der Waals surface area contributed by atoms with E-state index in [4.69, 9.17) is 0 Å². The molecule has 6 heteroatoms. The van der Waals surface area contributed by atoms with Gasteiger partial charge in [-0.1, -0.05) is 5.11 Å². The van der Waals surface area contributed by atoms with Gasteiger partial charge in [-0.25, -0.2) is 9.59 Å². The maximum atomic E-state index is 11.4. The third-order valence-corrected chi connectivity index (χ3v) is 2.01. The van der Waals surface area contributed by atoms with Gasteiger partial charge in [0.05, 0.1) is 20.3 Å². The number of nitrogens with zero attached hydrogens (tertiary/aromatic N) is 4. The summed E-state index contributed by atoms with van der Waals surface area (Å²) in [5.41, 5.74) is 0.365. The standard InChI is InChI=1S/C7H7N4O2/c1-10-5-4(3-8-9-5)6(12)11(2)7(10)13/h3H,1-2H3/q+1. The van der Waals surface area contributed by atoms with Gasteiger partial charge in [-0.05, 0) is 0 Å². The molecule has 0 atom stereocenters. The van der Waals surface area contributed by atoms with Gasteiger partial charge in [0.1, 0.15) is 0 Å². The molecule has 0 aromatic heterocycles. The second-order valence-electron chi connectivity index (χ2n) is 2.79. The first-order valence-corrected chi connectivity index (χ1v) is 3.67. The Morgan fingerprint density at radius 1 is 1.46 bits per heavy atom. The van der Waals surface area contributed by atoms with Crippen LogP contribution in [0.3, 0.4) is 0 Å². The fraction of sp³-hybridized carbons (Fsp3) is 0.286. The van der Waals surface area contributed by atoms with Gasteiger partial charge < -0.3 is 0 Å². The van der Waals surface area contributed by atoms with Crippen LogP contribution >= 0.6 is 0 Å². The minimum atomic E-state index is -0.391. The Morgan fingerprint density at radius 3 is 2.85 bits per heavy atom. The Hall–Kier alpha value is -1.85. The summed E-state index contributed by atoms with van der Waals surface area (Å²) in [4.78, 5) is 23.8. The molecular formula is C7H7N4O2+. The van der Waals surface area contributed by atoms with E-state index in [9.17, 15) is 9.59 Å². The molecule has 0 aliphatic carbocycles. The van der Waals surface area contributed by atoms with E-state index < -0.39 is 6.03 Å². The molecule has 0 aromatic rings. The highest BCUT2D eigenvalue weighted by Gasteiger charge is 2.41. The number of carbonyl (C=O) groups excluding carboxylic acids is 2. The largest absolute Gasteiger partial charge is 0.445 e. The minimum absolute atomic E-state index is 0.327. The fourth-order valence-electron chi connectivity index (χ4n) is 1.23. The summed E-state index contributed by atoms with van der Waals surface area (Å²) in [6, 6.07) is -0.391. The van der Waals surface area contributed by atoms with Crippen molar-refractivity contribution in [1.29, 1.82) is 0 Å². The molecule has 0 fully saturated rings. The van der Waals surface area contributed by atoms with Gasteiger partial charge in [0.25, 0.3) is 0 Å². The first kappa shape index (κ1) is 7.78. The van der Waals surface area contributed by atoms with Crippen LogP contribution in [-0.4, -0.2) is 41.3 Å². The molecule has 0 aromatic carbocycles. The van der Waals surface area contributed by atoms with E-state index in [-0.39, 0.29) is 5.91 Å². The van der Waals surface area contributed by atoms with Crippen molar-refractivity contribution >= 4 is 17.8 Å². The van der Waals surface area contributed by atoms with Gasteiger partial charge in [-0.15, -0.1) is 0 Å². The van der Waals surface area contributed by atoms with Crippen LogP contribution in [0.15, 0.2) is 22.0 Å². The van der Waals surface area contributed by atoms with Gasteiger partial charge in [-0.3, -0.25) is 0 Å². The molecule has 0 saturated carbocycles. The van der Waals surface area contributed by atoms with Crippen LogP contribution in [0, 0.1) is 0 Å². The van der Waals surface area contributed by atoms with E-state index in [1.165, 1.54) is 17.8 Å². The number of amidine groups is 1. The van der Waals surface area contributed by atoms with Crippen LogP contribution in [0.2, 0.25) is 0 Å². The SMILES string of the molecule is CN1C(=O)C2=CN=NC2=[N+](C)C1=O. The zero-order chi connectivity index (χ0) is 9.59. The molecule has 13 heavy (non-hydrogen) atoms. The Bertz CT molecular complexity index is 405. The number of fused-ring (bicyclic) bond motifs is 1. The molecule has 2 aliphatic rings. The van der Waals surface area contributed by atoms with Crippen molar-refractivity contribution in [3.05, 3.63) is 11.8 Å². The van der Waals surface area contributed by atoms with Crippen LogP contribution < -0.4 is 0 Å². The van der Waals surface area contributed by atoms with E-state index in [1.54, 1.807) is 7.05 Å². The Labute approximate surface area is 73.9 Å². The molecule has 2 rings (SSSR count). The van der Waals surface area contributed by atoms with Crippen LogP contribution in [-0.2, 0) is 4.79 Å². The summed E-state index contributed by atoms with van der Waals surface area (Å²) in [6.45, 7) is 0. The van der Waals surface area contributed by atoms with E-state index in [0.29, 0.717) is 11.4 Å². The van der Waals surface area contributed by atoms with E-state index >= 15 is 0 Å². The van der Waals surface area contributed by atoms with Crippen molar-refractivity contribution in [2.75, 3.05) is 14.1 Å². The van der Waals surface area contributed by atoms with Crippen LogP contribution in [0.4, 0.5) is 4.79 Å². The number of likely N-dealkylation sites (N-methyl/N-ethyl adjacent to an activating group) is 1. The van der Waals surface area contributed by atoms with Crippen LogP contribution in [0.1, 0.15) is 0 Å². The first-order chi connectivity index (χ1) is 6.13. The molecule has 2 aliphatic heterocycles. The molecule has 3 amide bonds. The molecule has 0 N–H and O–H groups in total. The second kappa shape index (κ2) is 2.32. The summed E-state index contributed by atoms with van der Waals surface area (Å²) < 4.78 is 1.30. The third kappa shape index (κ3) is 0.851. The lowest BCUT2D eigenvalue weighted by molar-refractivity contribution is -0.403. The topological polar surface area (TPSA) is 65.1 Å². The van der Waals surface area contributed by atoms with Gasteiger partial charge in [0.15, 0.2) is 5.57 Å². The Balaban J connectivity index is 2.63. The second-order valence-corrected chi connectivity index (χ2v) is 2.79. The molecule has 0 bridgehead atoms. The number of imide groups is 1. The Kier molecular flexibility index (Phi) is 1.39. The van der Waals surface area contributed by atoms with Crippen molar-refractivity contribution in [3.63, 3.8) is 0 Å². The number of azo groups is 1. The lowest BCUT2D eigenvalue weighted by Gasteiger charge is -2.15. The molecule has 66 valence electrons. The molecule has 0 unspecified atom stereocenters. The van der Waals surface area contributed by atoms with Gasteiger partial charge in [0, 0.05) is 5.11 Å². The summed E-state index contributed by atoms with van der Waals surface area (Å²) in [5.74, 6) is -0.0313. The van der Waals surface area contributed by atoms with Crippen molar-refractivity contribution in [1.82, 2.24) is 4.90 Å².